The largest absolute Gasteiger partial charge is 0.353 e. The zero-order valence-electron chi connectivity index (χ0n) is 8.29. The molecule has 1 aliphatic rings. The van der Waals surface area contributed by atoms with Gasteiger partial charge in [0.15, 0.2) is 0 Å². The number of epoxide rings is 1. The van der Waals surface area contributed by atoms with Gasteiger partial charge in [-0.3, -0.25) is 0 Å². The minimum atomic E-state index is -0.603. The van der Waals surface area contributed by atoms with Crippen LogP contribution < -0.4 is 5.73 Å². The molecule has 1 saturated heterocycles. The molecule has 1 aliphatic heterocycles. The lowest BCUT2D eigenvalue weighted by Crippen LogP contribution is -2.35. The van der Waals surface area contributed by atoms with Gasteiger partial charge in [-0.05, 0) is 6.42 Å². The number of hydrogen-bond acceptors (Lipinski definition) is 3. The first kappa shape index (κ1) is 10.7. The molecule has 0 aliphatic carbocycles. The molecule has 0 aromatic rings. The zero-order valence-corrected chi connectivity index (χ0v) is 8.29. The van der Waals surface area contributed by atoms with Crippen LogP contribution in [0, 0.1) is 5.92 Å². The predicted molar refractivity (Wildman–Crippen MR) is 51.2 cm³/mol. The monoisotopic (exact) mass is 185 g/mol. The Bertz CT molecular complexity index is 166. The molecule has 1 fully saturated rings. The molecule has 1 heterocycles. The molecule has 0 radical (unpaired) electrons. The number of carbonyl (C=O) groups is 1. The number of rotatable bonds is 7. The van der Waals surface area contributed by atoms with E-state index in [1.165, 1.54) is 19.3 Å². The minimum Gasteiger partial charge on any atom is -0.353 e. The Hall–Kier alpha value is -0.410. The van der Waals surface area contributed by atoms with E-state index in [0.717, 1.165) is 19.1 Å². The van der Waals surface area contributed by atoms with Crippen LogP contribution in [-0.2, 0) is 9.53 Å². The van der Waals surface area contributed by atoms with E-state index in [9.17, 15) is 4.79 Å². The van der Waals surface area contributed by atoms with Crippen LogP contribution in [-0.4, -0.2) is 18.6 Å². The lowest BCUT2D eigenvalue weighted by Gasteiger charge is -2.13. The lowest BCUT2D eigenvalue weighted by molar-refractivity contribution is -0.113. The van der Waals surface area contributed by atoms with Gasteiger partial charge in [0, 0.05) is 0 Å². The summed E-state index contributed by atoms with van der Waals surface area (Å²) in [5.74, 6) is -0.0932. The summed E-state index contributed by atoms with van der Waals surface area (Å²) in [5, 5.41) is 0. The molecule has 1 rings (SSSR count). The third kappa shape index (κ3) is 3.08. The van der Waals surface area contributed by atoms with Gasteiger partial charge in [-0.25, -0.2) is 0 Å². The van der Waals surface area contributed by atoms with Gasteiger partial charge < -0.3 is 15.3 Å². The van der Waals surface area contributed by atoms with Gasteiger partial charge in [-0.1, -0.05) is 32.6 Å². The molecule has 0 bridgehead atoms. The highest BCUT2D eigenvalue weighted by molar-refractivity contribution is 5.56. The van der Waals surface area contributed by atoms with E-state index >= 15 is 0 Å². The Morgan fingerprint density at radius 1 is 1.54 bits per heavy atom. The average molecular weight is 185 g/mol. The average Bonchev–Trinajstić information content (AvgIpc) is 2.85. The first-order chi connectivity index (χ1) is 6.23. The fraction of sp³-hybridized carbons (Fsp3) is 0.900. The van der Waals surface area contributed by atoms with Crippen molar-refractivity contribution in [2.24, 2.45) is 11.7 Å². The lowest BCUT2D eigenvalue weighted by atomic mass is 9.95. The quantitative estimate of drug-likeness (QED) is 0.371. The number of carbonyl (C=O) groups excluding carboxylic acids is 1. The van der Waals surface area contributed by atoms with E-state index < -0.39 is 5.72 Å². The molecule has 2 atom stereocenters. The normalized spacial score (nSPS) is 28.5. The Balaban J connectivity index is 2.13. The van der Waals surface area contributed by atoms with E-state index in [4.69, 9.17) is 10.5 Å². The predicted octanol–water partition coefficient (Wildman–Crippen LogP) is 1.46. The van der Waals surface area contributed by atoms with Crippen LogP contribution in [0.2, 0.25) is 0 Å². The van der Waals surface area contributed by atoms with Crippen LogP contribution in [0.5, 0.6) is 0 Å². The summed E-state index contributed by atoms with van der Waals surface area (Å²) in [5.41, 5.74) is 5.16. The number of hydrogen-bond donors (Lipinski definition) is 1. The van der Waals surface area contributed by atoms with E-state index in [-0.39, 0.29) is 5.92 Å². The molecule has 0 saturated carbocycles. The molecule has 13 heavy (non-hydrogen) atoms. The Morgan fingerprint density at radius 2 is 2.23 bits per heavy atom. The molecule has 76 valence electrons. The van der Waals surface area contributed by atoms with Crippen molar-refractivity contribution >= 4 is 6.29 Å². The second-order valence-corrected chi connectivity index (χ2v) is 3.84. The van der Waals surface area contributed by atoms with E-state index in [2.05, 4.69) is 6.92 Å². The van der Waals surface area contributed by atoms with Crippen molar-refractivity contribution in [1.82, 2.24) is 0 Å². The molecule has 3 heteroatoms. The maximum atomic E-state index is 10.7. The van der Waals surface area contributed by atoms with Crippen molar-refractivity contribution < 1.29 is 9.53 Å². The third-order valence-electron chi connectivity index (χ3n) is 2.64. The molecule has 0 aromatic heterocycles. The fourth-order valence-electron chi connectivity index (χ4n) is 1.52. The minimum absolute atomic E-state index is 0.0932. The van der Waals surface area contributed by atoms with Gasteiger partial charge in [0.2, 0.25) is 0 Å². The van der Waals surface area contributed by atoms with Crippen molar-refractivity contribution in [3.8, 4) is 0 Å². The summed E-state index contributed by atoms with van der Waals surface area (Å²) >= 11 is 0. The van der Waals surface area contributed by atoms with Crippen molar-refractivity contribution in [2.45, 2.75) is 44.8 Å². The summed E-state index contributed by atoms with van der Waals surface area (Å²) < 4.78 is 5.05. The highest BCUT2D eigenvalue weighted by Crippen LogP contribution is 2.31. The maximum absolute atomic E-state index is 10.7. The number of unbranched alkanes of at least 4 members (excludes halogenated alkanes) is 3. The number of ether oxygens (including phenoxy) is 1. The standard InChI is InChI=1S/C10H19NO2/c1-2-3-4-5-6-9(7-12)10(11)8-13-10/h7,9H,2-6,8,11H2,1H3. The summed E-state index contributed by atoms with van der Waals surface area (Å²) in [6.07, 6.45) is 6.55. The topological polar surface area (TPSA) is 55.6 Å². The third-order valence-corrected chi connectivity index (χ3v) is 2.64. The smallest absolute Gasteiger partial charge is 0.150 e. The fourth-order valence-corrected chi connectivity index (χ4v) is 1.52. The van der Waals surface area contributed by atoms with Gasteiger partial charge in [0.1, 0.15) is 12.0 Å². The van der Waals surface area contributed by atoms with Crippen molar-refractivity contribution in [3.63, 3.8) is 0 Å². The second kappa shape index (κ2) is 4.72. The molecular formula is C10H19NO2. The van der Waals surface area contributed by atoms with Gasteiger partial charge in [0.05, 0.1) is 12.5 Å². The van der Waals surface area contributed by atoms with Crippen LogP contribution in [0.1, 0.15) is 39.0 Å². The highest BCUT2D eigenvalue weighted by Gasteiger charge is 2.47. The van der Waals surface area contributed by atoms with Gasteiger partial charge in [0.25, 0.3) is 0 Å². The first-order valence-corrected chi connectivity index (χ1v) is 5.11. The number of nitrogens with two attached hydrogens (primary N) is 1. The van der Waals surface area contributed by atoms with Gasteiger partial charge in [-0.15, -0.1) is 0 Å². The summed E-state index contributed by atoms with van der Waals surface area (Å²) in [6, 6.07) is 0. The summed E-state index contributed by atoms with van der Waals surface area (Å²) in [4.78, 5) is 10.7. The van der Waals surface area contributed by atoms with Crippen molar-refractivity contribution in [3.05, 3.63) is 0 Å². The van der Waals surface area contributed by atoms with Gasteiger partial charge in [-0.2, -0.15) is 0 Å². The summed E-state index contributed by atoms with van der Waals surface area (Å²) in [6.45, 7) is 2.72. The molecule has 2 unspecified atom stereocenters. The SMILES string of the molecule is CCCCCCC(C=O)C1(N)CO1. The molecule has 0 amide bonds. The Morgan fingerprint density at radius 3 is 2.69 bits per heavy atom. The van der Waals surface area contributed by atoms with Gasteiger partial charge >= 0.3 is 0 Å². The number of aldehydes is 1. The van der Waals surface area contributed by atoms with E-state index in [0.29, 0.717) is 6.61 Å². The van der Waals surface area contributed by atoms with Crippen LogP contribution in [0.15, 0.2) is 0 Å². The van der Waals surface area contributed by atoms with Crippen LogP contribution >= 0.6 is 0 Å². The highest BCUT2D eigenvalue weighted by atomic mass is 16.6. The molecule has 2 N–H and O–H groups in total. The molecule has 3 nitrogen and oxygen atoms in total. The van der Waals surface area contributed by atoms with E-state index in [1.807, 2.05) is 0 Å². The van der Waals surface area contributed by atoms with Crippen LogP contribution in [0.3, 0.4) is 0 Å². The Labute approximate surface area is 79.6 Å². The summed E-state index contributed by atoms with van der Waals surface area (Å²) in [7, 11) is 0. The van der Waals surface area contributed by atoms with Crippen molar-refractivity contribution in [1.29, 1.82) is 0 Å². The molecule has 0 spiro atoms. The second-order valence-electron chi connectivity index (χ2n) is 3.84. The van der Waals surface area contributed by atoms with Crippen LogP contribution in [0.25, 0.3) is 0 Å². The van der Waals surface area contributed by atoms with Crippen LogP contribution in [0.4, 0.5) is 0 Å². The van der Waals surface area contributed by atoms with E-state index in [1.54, 1.807) is 0 Å². The molecule has 0 aromatic carbocycles. The first-order valence-electron chi connectivity index (χ1n) is 5.11. The maximum Gasteiger partial charge on any atom is 0.150 e. The molecular weight excluding hydrogens is 166 g/mol. The Kier molecular flexibility index (Phi) is 3.88. The zero-order chi connectivity index (χ0) is 9.73. The van der Waals surface area contributed by atoms with Crippen molar-refractivity contribution in [2.75, 3.05) is 6.61 Å².